The van der Waals surface area contributed by atoms with Gasteiger partial charge in [-0.3, -0.25) is 0 Å². The van der Waals surface area contributed by atoms with E-state index in [9.17, 15) is 8.42 Å². The molecule has 0 saturated heterocycles. The summed E-state index contributed by atoms with van der Waals surface area (Å²) in [6.07, 6.45) is 1.43. The van der Waals surface area contributed by atoms with Crippen molar-refractivity contribution in [2.24, 2.45) is 0 Å². The van der Waals surface area contributed by atoms with Crippen LogP contribution in [0.2, 0.25) is 0 Å². The summed E-state index contributed by atoms with van der Waals surface area (Å²) < 4.78 is 57.2. The standard InChI is InChI=1S/C20H24O8S/c1-23-15-9-13(10-16(24-2)19(15)27-5)7-8-29(21,22)14-11-17(25-3)20(28-6)18(12-14)26-4/h7-12H,1-6H3. The van der Waals surface area contributed by atoms with Crippen molar-refractivity contribution in [1.29, 1.82) is 0 Å². The van der Waals surface area contributed by atoms with Crippen LogP contribution in [-0.2, 0) is 9.84 Å². The predicted molar refractivity (Wildman–Crippen MR) is 108 cm³/mol. The molecule has 0 fully saturated rings. The minimum absolute atomic E-state index is 0.00399. The second kappa shape index (κ2) is 9.42. The maximum atomic E-state index is 12.8. The van der Waals surface area contributed by atoms with Crippen LogP contribution < -0.4 is 28.4 Å². The smallest absolute Gasteiger partial charge is 0.203 e. The molecular weight excluding hydrogens is 400 g/mol. The maximum absolute atomic E-state index is 12.8. The molecule has 0 N–H and O–H groups in total. The molecule has 0 saturated carbocycles. The highest BCUT2D eigenvalue weighted by Crippen LogP contribution is 2.41. The monoisotopic (exact) mass is 424 g/mol. The van der Waals surface area contributed by atoms with Gasteiger partial charge in [0.15, 0.2) is 32.8 Å². The lowest BCUT2D eigenvalue weighted by atomic mass is 10.2. The van der Waals surface area contributed by atoms with Gasteiger partial charge in [0.25, 0.3) is 0 Å². The minimum Gasteiger partial charge on any atom is -0.493 e. The topological polar surface area (TPSA) is 89.5 Å². The molecule has 0 atom stereocenters. The van der Waals surface area contributed by atoms with Gasteiger partial charge in [-0.1, -0.05) is 0 Å². The number of ether oxygens (including phenoxy) is 6. The van der Waals surface area contributed by atoms with Crippen LogP contribution in [0.4, 0.5) is 0 Å². The number of rotatable bonds is 9. The lowest BCUT2D eigenvalue weighted by Crippen LogP contribution is -2.01. The van der Waals surface area contributed by atoms with E-state index in [-0.39, 0.29) is 16.4 Å². The van der Waals surface area contributed by atoms with Gasteiger partial charge < -0.3 is 28.4 Å². The quantitative estimate of drug-likeness (QED) is 0.606. The number of hydrogen-bond acceptors (Lipinski definition) is 8. The second-order valence-corrected chi connectivity index (χ2v) is 7.50. The van der Waals surface area contributed by atoms with Gasteiger partial charge in [0.2, 0.25) is 11.5 Å². The van der Waals surface area contributed by atoms with Crippen molar-refractivity contribution in [2.75, 3.05) is 42.7 Å². The molecule has 9 heteroatoms. The minimum atomic E-state index is -3.81. The summed E-state index contributed by atoms with van der Waals surface area (Å²) in [5.74, 6) is 2.04. The number of hydrogen-bond donors (Lipinski definition) is 0. The molecule has 2 aromatic carbocycles. The fourth-order valence-corrected chi connectivity index (χ4v) is 3.70. The normalized spacial score (nSPS) is 11.2. The third-order valence-corrected chi connectivity index (χ3v) is 5.48. The number of sulfone groups is 1. The van der Waals surface area contributed by atoms with E-state index in [1.165, 1.54) is 60.9 Å². The lowest BCUT2D eigenvalue weighted by molar-refractivity contribution is 0.323. The van der Waals surface area contributed by atoms with Gasteiger partial charge in [0, 0.05) is 17.5 Å². The molecule has 2 aromatic rings. The van der Waals surface area contributed by atoms with Crippen molar-refractivity contribution < 1.29 is 36.8 Å². The average molecular weight is 424 g/mol. The Balaban J connectivity index is 2.50. The maximum Gasteiger partial charge on any atom is 0.203 e. The zero-order valence-corrected chi connectivity index (χ0v) is 18.0. The Morgan fingerprint density at radius 2 is 1.00 bits per heavy atom. The summed E-state index contributed by atoms with van der Waals surface area (Å²) in [6, 6.07) is 6.03. The molecule has 29 heavy (non-hydrogen) atoms. The number of benzene rings is 2. The van der Waals surface area contributed by atoms with E-state index in [0.717, 1.165) is 5.41 Å². The van der Waals surface area contributed by atoms with Crippen LogP contribution in [-0.4, -0.2) is 51.1 Å². The predicted octanol–water partition coefficient (Wildman–Crippen LogP) is 3.18. The first-order valence-electron chi connectivity index (χ1n) is 8.38. The summed E-state index contributed by atoms with van der Waals surface area (Å²) >= 11 is 0. The Hall–Kier alpha value is -3.07. The van der Waals surface area contributed by atoms with Crippen molar-refractivity contribution in [3.05, 3.63) is 35.2 Å². The van der Waals surface area contributed by atoms with Crippen molar-refractivity contribution >= 4 is 15.9 Å². The molecule has 0 aliphatic carbocycles. The molecule has 0 radical (unpaired) electrons. The molecule has 0 aliphatic rings. The van der Waals surface area contributed by atoms with Gasteiger partial charge in [-0.25, -0.2) is 8.42 Å². The molecule has 2 rings (SSSR count). The van der Waals surface area contributed by atoms with Gasteiger partial charge in [-0.2, -0.15) is 0 Å². The second-order valence-electron chi connectivity index (χ2n) is 5.67. The highest BCUT2D eigenvalue weighted by atomic mass is 32.2. The largest absolute Gasteiger partial charge is 0.493 e. The molecule has 0 spiro atoms. The molecule has 0 amide bonds. The van der Waals surface area contributed by atoms with Crippen molar-refractivity contribution in [1.82, 2.24) is 0 Å². The molecular formula is C20H24O8S. The number of methoxy groups -OCH3 is 6. The van der Waals surface area contributed by atoms with Gasteiger partial charge in [0.1, 0.15) is 0 Å². The first-order valence-corrected chi connectivity index (χ1v) is 9.93. The Morgan fingerprint density at radius 1 is 0.621 bits per heavy atom. The van der Waals surface area contributed by atoms with E-state index < -0.39 is 9.84 Å². The molecule has 0 aromatic heterocycles. The highest BCUT2D eigenvalue weighted by molar-refractivity contribution is 7.94. The molecule has 0 bridgehead atoms. The van der Waals surface area contributed by atoms with Crippen molar-refractivity contribution in [3.8, 4) is 34.5 Å². The molecule has 158 valence electrons. The van der Waals surface area contributed by atoms with Crippen LogP contribution in [0.3, 0.4) is 0 Å². The summed E-state index contributed by atoms with van der Waals surface area (Å²) in [7, 11) is 4.92. The van der Waals surface area contributed by atoms with E-state index >= 15 is 0 Å². The molecule has 0 aliphatic heterocycles. The van der Waals surface area contributed by atoms with Crippen LogP contribution in [0.15, 0.2) is 34.6 Å². The Morgan fingerprint density at radius 3 is 1.34 bits per heavy atom. The molecule has 0 heterocycles. The highest BCUT2D eigenvalue weighted by Gasteiger charge is 2.20. The summed E-state index contributed by atoms with van der Waals surface area (Å²) in [5, 5.41) is 1.08. The Labute approximate surface area is 170 Å². The Bertz CT molecular complexity index is 946. The third-order valence-electron chi connectivity index (χ3n) is 4.09. The van der Waals surface area contributed by atoms with Crippen LogP contribution >= 0.6 is 0 Å². The van der Waals surface area contributed by atoms with E-state index in [0.29, 0.717) is 28.6 Å². The SMILES string of the molecule is COc1cc(C=CS(=O)(=O)c2cc(OC)c(OC)c(OC)c2)cc(OC)c1OC. The van der Waals surface area contributed by atoms with Crippen molar-refractivity contribution in [3.63, 3.8) is 0 Å². The average Bonchev–Trinajstić information content (AvgIpc) is 2.75. The summed E-state index contributed by atoms with van der Waals surface area (Å²) in [6.45, 7) is 0. The van der Waals surface area contributed by atoms with Gasteiger partial charge in [-0.15, -0.1) is 0 Å². The van der Waals surface area contributed by atoms with Gasteiger partial charge >= 0.3 is 0 Å². The van der Waals surface area contributed by atoms with E-state index in [4.69, 9.17) is 28.4 Å². The van der Waals surface area contributed by atoms with Crippen molar-refractivity contribution in [2.45, 2.75) is 4.90 Å². The van der Waals surface area contributed by atoms with E-state index in [2.05, 4.69) is 0 Å². The van der Waals surface area contributed by atoms with Gasteiger partial charge in [-0.05, 0) is 23.8 Å². The fourth-order valence-electron chi connectivity index (χ4n) is 2.67. The van der Waals surface area contributed by atoms with Gasteiger partial charge in [0.05, 0.1) is 47.6 Å². The Kier molecular flexibility index (Phi) is 7.22. The van der Waals surface area contributed by atoms with Crippen LogP contribution in [0.25, 0.3) is 6.08 Å². The first-order chi connectivity index (χ1) is 13.8. The lowest BCUT2D eigenvalue weighted by Gasteiger charge is -2.14. The van der Waals surface area contributed by atoms with Crippen LogP contribution in [0.1, 0.15) is 5.56 Å². The van der Waals surface area contributed by atoms with E-state index in [1.807, 2.05) is 0 Å². The van der Waals surface area contributed by atoms with Crippen LogP contribution in [0.5, 0.6) is 34.5 Å². The summed E-state index contributed by atoms with van der Waals surface area (Å²) in [4.78, 5) is -0.00399. The molecule has 8 nitrogen and oxygen atoms in total. The fraction of sp³-hybridized carbons (Fsp3) is 0.300. The van der Waals surface area contributed by atoms with Crippen LogP contribution in [0, 0.1) is 0 Å². The zero-order valence-electron chi connectivity index (χ0n) is 17.1. The molecule has 0 unspecified atom stereocenters. The first kappa shape index (κ1) is 22.2. The zero-order chi connectivity index (χ0) is 21.6. The summed E-state index contributed by atoms with van der Waals surface area (Å²) in [5.41, 5.74) is 0.551. The van der Waals surface area contributed by atoms with E-state index in [1.54, 1.807) is 12.1 Å². The third kappa shape index (κ3) is 4.68.